The minimum atomic E-state index is -4.32. The Kier molecular flexibility index (Phi) is 13.3. The molecule has 11 heteroatoms. The van der Waals surface area contributed by atoms with Crippen molar-refractivity contribution < 1.29 is 27.5 Å². The number of hydrogen-bond acceptors (Lipinski definition) is 6. The maximum Gasteiger partial charge on any atom is 0.264 e. The molecule has 0 aliphatic rings. The van der Waals surface area contributed by atoms with Crippen LogP contribution in [-0.2, 0) is 32.6 Å². The van der Waals surface area contributed by atoms with E-state index in [1.165, 1.54) is 29.2 Å². The molecule has 0 saturated carbocycles. The van der Waals surface area contributed by atoms with Crippen LogP contribution in [0.1, 0.15) is 37.8 Å². The molecule has 0 aliphatic heterocycles. The maximum absolute atomic E-state index is 14.7. The van der Waals surface area contributed by atoms with Gasteiger partial charge in [0.05, 0.1) is 24.3 Å². The minimum absolute atomic E-state index is 0.0245. The van der Waals surface area contributed by atoms with E-state index in [1.807, 2.05) is 43.3 Å². The fourth-order valence-corrected chi connectivity index (χ4v) is 6.77. The summed E-state index contributed by atoms with van der Waals surface area (Å²) in [5, 5.41) is 3.37. The zero-order valence-corrected chi connectivity index (χ0v) is 29.0. The van der Waals surface area contributed by atoms with Crippen molar-refractivity contribution in [3.63, 3.8) is 0 Å². The van der Waals surface area contributed by atoms with Gasteiger partial charge < -0.3 is 19.7 Å². The molecule has 0 aromatic heterocycles. The molecule has 0 spiro atoms. The third-order valence-corrected chi connectivity index (χ3v) is 9.73. The number of nitrogens with one attached hydrogen (secondary N) is 1. The van der Waals surface area contributed by atoms with E-state index in [4.69, 9.17) is 21.1 Å². The minimum Gasteiger partial charge on any atom is -0.497 e. The first-order valence-corrected chi connectivity index (χ1v) is 17.7. The van der Waals surface area contributed by atoms with Crippen LogP contribution in [0.25, 0.3) is 0 Å². The van der Waals surface area contributed by atoms with Gasteiger partial charge in [0.2, 0.25) is 11.8 Å². The van der Waals surface area contributed by atoms with Crippen molar-refractivity contribution in [1.82, 2.24) is 10.2 Å². The third kappa shape index (κ3) is 9.51. The normalized spacial score (nSPS) is 11.8. The Morgan fingerprint density at radius 2 is 1.56 bits per heavy atom. The van der Waals surface area contributed by atoms with Gasteiger partial charge in [-0.05, 0) is 73.0 Å². The molecular weight excluding hydrogens is 650 g/mol. The summed E-state index contributed by atoms with van der Waals surface area (Å²) in [6, 6.07) is 28.1. The predicted octanol–water partition coefficient (Wildman–Crippen LogP) is 6.50. The Morgan fingerprint density at radius 3 is 2.25 bits per heavy atom. The quantitative estimate of drug-likeness (QED) is 0.127. The Balaban J connectivity index is 1.83. The summed E-state index contributed by atoms with van der Waals surface area (Å²) >= 11 is 6.09. The van der Waals surface area contributed by atoms with Crippen LogP contribution in [-0.4, -0.2) is 58.0 Å². The SMILES string of the molecule is CCCCNC(=O)[C@@H](Cc1ccccc1)N(Cc1cccc(OC)c1)C(=O)CN(c1ccccc1OCC)S(=O)(=O)c1ccc(Cl)cc1. The van der Waals surface area contributed by atoms with Crippen molar-refractivity contribution in [3.8, 4) is 11.5 Å². The molecular formula is C37H42ClN3O6S. The lowest BCUT2D eigenvalue weighted by Crippen LogP contribution is -2.53. The molecule has 0 saturated heterocycles. The van der Waals surface area contributed by atoms with Crippen LogP contribution in [0, 0.1) is 0 Å². The second-order valence-electron chi connectivity index (χ2n) is 11.1. The van der Waals surface area contributed by atoms with E-state index in [-0.39, 0.29) is 36.1 Å². The highest BCUT2D eigenvalue weighted by Gasteiger charge is 2.35. The molecule has 1 atom stereocenters. The number of benzene rings is 4. The number of carbonyl (C=O) groups excluding carboxylic acids is 2. The van der Waals surface area contributed by atoms with Crippen LogP contribution < -0.4 is 19.1 Å². The highest BCUT2D eigenvalue weighted by atomic mass is 35.5. The smallest absolute Gasteiger partial charge is 0.264 e. The van der Waals surface area contributed by atoms with Gasteiger partial charge in [-0.25, -0.2) is 8.42 Å². The molecule has 48 heavy (non-hydrogen) atoms. The number of rotatable bonds is 17. The molecule has 0 radical (unpaired) electrons. The highest BCUT2D eigenvalue weighted by Crippen LogP contribution is 2.33. The van der Waals surface area contributed by atoms with Crippen LogP contribution in [0.2, 0.25) is 5.02 Å². The first kappa shape index (κ1) is 36.3. The van der Waals surface area contributed by atoms with E-state index in [1.54, 1.807) is 56.5 Å². The van der Waals surface area contributed by atoms with Crippen LogP contribution in [0.5, 0.6) is 11.5 Å². The lowest BCUT2D eigenvalue weighted by Gasteiger charge is -2.34. The molecule has 2 amide bonds. The number of nitrogens with zero attached hydrogens (tertiary/aromatic N) is 2. The summed E-state index contributed by atoms with van der Waals surface area (Å²) in [5.41, 5.74) is 1.75. The van der Waals surface area contributed by atoms with Crippen molar-refractivity contribution in [2.45, 2.75) is 50.6 Å². The molecule has 0 aliphatic carbocycles. The number of amides is 2. The molecule has 4 rings (SSSR count). The van der Waals surface area contributed by atoms with Gasteiger partial charge in [-0.1, -0.05) is 79.5 Å². The van der Waals surface area contributed by atoms with Gasteiger partial charge >= 0.3 is 0 Å². The molecule has 9 nitrogen and oxygen atoms in total. The van der Waals surface area contributed by atoms with Crippen LogP contribution in [0.15, 0.2) is 108 Å². The molecule has 0 heterocycles. The predicted molar refractivity (Wildman–Crippen MR) is 189 cm³/mol. The van der Waals surface area contributed by atoms with Gasteiger partial charge in [0.25, 0.3) is 10.0 Å². The van der Waals surface area contributed by atoms with E-state index < -0.39 is 28.5 Å². The topological polar surface area (TPSA) is 105 Å². The summed E-state index contributed by atoms with van der Waals surface area (Å²) in [5.74, 6) is -0.0223. The van der Waals surface area contributed by atoms with Crippen molar-refractivity contribution in [2.75, 3.05) is 31.1 Å². The van der Waals surface area contributed by atoms with E-state index in [0.29, 0.717) is 28.6 Å². The maximum atomic E-state index is 14.7. The van der Waals surface area contributed by atoms with Crippen molar-refractivity contribution in [3.05, 3.63) is 119 Å². The van der Waals surface area contributed by atoms with Crippen molar-refractivity contribution >= 4 is 39.1 Å². The number of sulfonamides is 1. The molecule has 4 aromatic rings. The molecule has 1 N–H and O–H groups in total. The first-order valence-electron chi connectivity index (χ1n) is 15.9. The van der Waals surface area contributed by atoms with E-state index in [9.17, 15) is 18.0 Å². The second kappa shape index (κ2) is 17.6. The van der Waals surface area contributed by atoms with Crippen molar-refractivity contribution in [2.24, 2.45) is 0 Å². The lowest BCUT2D eigenvalue weighted by molar-refractivity contribution is -0.140. The number of unbranched alkanes of at least 4 members (excludes halogenated alkanes) is 1. The number of para-hydroxylation sites is 2. The van der Waals surface area contributed by atoms with E-state index in [0.717, 1.165) is 22.7 Å². The Bertz CT molecular complexity index is 1750. The first-order chi connectivity index (χ1) is 23.2. The van der Waals surface area contributed by atoms with E-state index in [2.05, 4.69) is 5.32 Å². The fourth-order valence-electron chi connectivity index (χ4n) is 5.22. The van der Waals surface area contributed by atoms with Crippen LogP contribution >= 0.6 is 11.6 Å². The van der Waals surface area contributed by atoms with Gasteiger partial charge in [0.15, 0.2) is 0 Å². The van der Waals surface area contributed by atoms with Gasteiger partial charge in [-0.3, -0.25) is 13.9 Å². The van der Waals surface area contributed by atoms with Crippen LogP contribution in [0.4, 0.5) is 5.69 Å². The van der Waals surface area contributed by atoms with Crippen LogP contribution in [0.3, 0.4) is 0 Å². The van der Waals surface area contributed by atoms with Gasteiger partial charge in [-0.15, -0.1) is 0 Å². The van der Waals surface area contributed by atoms with E-state index >= 15 is 0 Å². The fraction of sp³-hybridized carbons (Fsp3) is 0.297. The van der Waals surface area contributed by atoms with Gasteiger partial charge in [0, 0.05) is 24.5 Å². The molecule has 4 aromatic carbocycles. The number of methoxy groups -OCH3 is 1. The summed E-state index contributed by atoms with van der Waals surface area (Å²) in [7, 11) is -2.77. The average Bonchev–Trinajstić information content (AvgIpc) is 3.10. The standard InChI is InChI=1S/C37H42ClN3O6S/c1-4-6-23-39-37(43)34(25-28-13-8-7-9-14-28)40(26-29-15-12-16-31(24-29)46-3)36(42)27-41(33-17-10-11-18-35(33)47-5-2)48(44,45)32-21-19-30(38)20-22-32/h7-22,24,34H,4-6,23,25-27H2,1-3H3,(H,39,43)/t34-/m1/s1. The zero-order valence-electron chi connectivity index (χ0n) is 27.5. The molecule has 254 valence electrons. The highest BCUT2D eigenvalue weighted by molar-refractivity contribution is 7.92. The summed E-state index contributed by atoms with van der Waals surface area (Å²) in [4.78, 5) is 30.0. The third-order valence-electron chi connectivity index (χ3n) is 7.70. The number of hydrogen-bond donors (Lipinski definition) is 1. The summed E-state index contributed by atoms with van der Waals surface area (Å²) in [6.07, 6.45) is 1.87. The number of halogens is 1. The lowest BCUT2D eigenvalue weighted by atomic mass is 10.0. The summed E-state index contributed by atoms with van der Waals surface area (Å²) in [6.45, 7) is 3.96. The average molecular weight is 692 g/mol. The molecule has 0 bridgehead atoms. The molecule has 0 unspecified atom stereocenters. The monoisotopic (exact) mass is 691 g/mol. The number of ether oxygens (including phenoxy) is 2. The summed E-state index contributed by atoms with van der Waals surface area (Å²) < 4.78 is 41.0. The number of anilines is 1. The van der Waals surface area contributed by atoms with Crippen molar-refractivity contribution in [1.29, 1.82) is 0 Å². The Hall–Kier alpha value is -4.54. The van der Waals surface area contributed by atoms with Gasteiger partial charge in [0.1, 0.15) is 24.1 Å². The Morgan fingerprint density at radius 1 is 0.875 bits per heavy atom. The Labute approximate surface area is 288 Å². The zero-order chi connectivity index (χ0) is 34.5. The number of carbonyl (C=O) groups is 2. The largest absolute Gasteiger partial charge is 0.497 e. The molecule has 0 fully saturated rings. The second-order valence-corrected chi connectivity index (χ2v) is 13.4. The van der Waals surface area contributed by atoms with Gasteiger partial charge in [-0.2, -0.15) is 0 Å².